The molecule has 9 unspecified atom stereocenters. The van der Waals surface area contributed by atoms with E-state index in [1.165, 1.54) is 0 Å². The predicted molar refractivity (Wildman–Crippen MR) is 117 cm³/mol. The van der Waals surface area contributed by atoms with Gasteiger partial charge in [0.05, 0.1) is 30.8 Å². The fourth-order valence-electron chi connectivity index (χ4n) is 8.44. The number of carbonyl (C=O) groups is 1. The van der Waals surface area contributed by atoms with Crippen molar-refractivity contribution in [3.8, 4) is 0 Å². The van der Waals surface area contributed by atoms with E-state index in [4.69, 9.17) is 9.15 Å². The van der Waals surface area contributed by atoms with Gasteiger partial charge in [-0.25, -0.2) is 4.79 Å². The molecule has 0 aromatic carbocycles. The number of furan rings is 1. The lowest BCUT2D eigenvalue weighted by atomic mass is 9.36. The summed E-state index contributed by atoms with van der Waals surface area (Å²) in [7, 11) is 0. The first-order valence-corrected chi connectivity index (χ1v) is 11.9. The molecule has 5 rings (SSSR count). The number of hydrogen-bond donors (Lipinski definition) is 3. The zero-order chi connectivity index (χ0) is 23.3. The number of cyclic esters (lactones) is 1. The fourth-order valence-corrected chi connectivity index (χ4v) is 8.44. The SMILES string of the molecule is CC12CCC3C(C)(C1=CC(=O)OC2c1ccoc1)C(O)CC1C(C)(C)C(O)CC(O)C13C. The van der Waals surface area contributed by atoms with E-state index in [2.05, 4.69) is 34.6 Å². The van der Waals surface area contributed by atoms with Gasteiger partial charge in [-0.1, -0.05) is 34.6 Å². The number of carbonyl (C=O) groups excluding carboxylic acids is 1. The first-order chi connectivity index (χ1) is 14.9. The minimum Gasteiger partial charge on any atom is -0.472 e. The lowest BCUT2D eigenvalue weighted by molar-refractivity contribution is -0.254. The Morgan fingerprint density at radius 1 is 0.969 bits per heavy atom. The Hall–Kier alpha value is -1.63. The van der Waals surface area contributed by atoms with Crippen LogP contribution in [0.15, 0.2) is 34.7 Å². The van der Waals surface area contributed by atoms with Crippen LogP contribution in [0.25, 0.3) is 0 Å². The van der Waals surface area contributed by atoms with Crippen molar-refractivity contribution in [2.75, 3.05) is 0 Å². The van der Waals surface area contributed by atoms with E-state index >= 15 is 0 Å². The average molecular weight is 445 g/mol. The molecule has 4 aliphatic rings. The molecule has 0 saturated heterocycles. The summed E-state index contributed by atoms with van der Waals surface area (Å²) in [5.74, 6) is -0.460. The first-order valence-electron chi connectivity index (χ1n) is 11.9. The second kappa shape index (κ2) is 6.71. The third-order valence-electron chi connectivity index (χ3n) is 10.4. The second-order valence-corrected chi connectivity index (χ2v) is 12.0. The lowest BCUT2D eigenvalue weighted by Crippen LogP contribution is -2.69. The normalized spacial score (nSPS) is 49.9. The summed E-state index contributed by atoms with van der Waals surface area (Å²) in [6.45, 7) is 10.4. The smallest absolute Gasteiger partial charge is 0.331 e. The molecule has 1 aromatic rings. The molecule has 3 N–H and O–H groups in total. The minimum absolute atomic E-state index is 0.0271. The van der Waals surface area contributed by atoms with Gasteiger partial charge < -0.3 is 24.5 Å². The lowest BCUT2D eigenvalue weighted by Gasteiger charge is -2.70. The van der Waals surface area contributed by atoms with Gasteiger partial charge in [0.25, 0.3) is 0 Å². The largest absolute Gasteiger partial charge is 0.472 e. The van der Waals surface area contributed by atoms with Crippen molar-refractivity contribution in [1.29, 1.82) is 0 Å². The van der Waals surface area contributed by atoms with Crippen molar-refractivity contribution in [1.82, 2.24) is 0 Å². The standard InChI is InChI=1S/C26H36O6/c1-23(2)16-10-19(28)26(5)15(25(16,4)20(29)12-18(23)27)6-8-24(3)17(26)11-21(30)32-22(24)14-7-9-31-13-14/h7,9,11,13,15-16,18-20,22,27-29H,6,8,10,12H2,1-5H3. The van der Waals surface area contributed by atoms with E-state index in [-0.39, 0.29) is 11.8 Å². The average Bonchev–Trinajstić information content (AvgIpc) is 3.24. The minimum atomic E-state index is -0.691. The summed E-state index contributed by atoms with van der Waals surface area (Å²) in [5.41, 5.74) is -0.306. The molecule has 32 heavy (non-hydrogen) atoms. The van der Waals surface area contributed by atoms with Crippen molar-refractivity contribution >= 4 is 5.97 Å². The van der Waals surface area contributed by atoms with Crippen LogP contribution in [0.2, 0.25) is 0 Å². The predicted octanol–water partition coefficient (Wildman–Crippen LogP) is 3.77. The molecule has 6 nitrogen and oxygen atoms in total. The van der Waals surface area contributed by atoms with Gasteiger partial charge in [-0.15, -0.1) is 0 Å². The molecule has 0 spiro atoms. The summed E-state index contributed by atoms with van der Waals surface area (Å²) in [5, 5.41) is 33.8. The van der Waals surface area contributed by atoms with Gasteiger partial charge in [-0.2, -0.15) is 0 Å². The fraction of sp³-hybridized carbons (Fsp3) is 0.731. The van der Waals surface area contributed by atoms with Gasteiger partial charge >= 0.3 is 5.97 Å². The number of hydrogen-bond acceptors (Lipinski definition) is 6. The molecule has 0 amide bonds. The third kappa shape index (κ3) is 2.55. The van der Waals surface area contributed by atoms with Crippen LogP contribution in [0.5, 0.6) is 0 Å². The van der Waals surface area contributed by atoms with Crippen molar-refractivity contribution in [2.45, 2.75) is 84.7 Å². The number of aliphatic hydroxyl groups excluding tert-OH is 3. The van der Waals surface area contributed by atoms with Crippen molar-refractivity contribution in [2.24, 2.45) is 33.5 Å². The van der Waals surface area contributed by atoms with Crippen LogP contribution < -0.4 is 0 Å². The van der Waals surface area contributed by atoms with E-state index in [0.29, 0.717) is 12.8 Å². The van der Waals surface area contributed by atoms with E-state index in [1.807, 2.05) is 6.07 Å². The number of fused-ring (bicyclic) bond motifs is 5. The molecular weight excluding hydrogens is 408 g/mol. The highest BCUT2D eigenvalue weighted by atomic mass is 16.5. The Morgan fingerprint density at radius 2 is 1.69 bits per heavy atom. The maximum Gasteiger partial charge on any atom is 0.331 e. The van der Waals surface area contributed by atoms with Crippen LogP contribution in [0.3, 0.4) is 0 Å². The second-order valence-electron chi connectivity index (χ2n) is 12.0. The Balaban J connectivity index is 1.65. The summed E-state index contributed by atoms with van der Waals surface area (Å²) < 4.78 is 11.1. The van der Waals surface area contributed by atoms with E-state index in [0.717, 1.165) is 24.0 Å². The number of rotatable bonds is 1. The highest BCUT2D eigenvalue weighted by molar-refractivity contribution is 5.85. The molecule has 176 valence electrons. The highest BCUT2D eigenvalue weighted by Gasteiger charge is 2.70. The van der Waals surface area contributed by atoms with Gasteiger partial charge in [0, 0.05) is 34.3 Å². The van der Waals surface area contributed by atoms with E-state index < -0.39 is 52.0 Å². The maximum absolute atomic E-state index is 12.8. The molecular formula is C26H36O6. The Labute approximate surface area is 189 Å². The first kappa shape index (κ1) is 22.2. The summed E-state index contributed by atoms with van der Waals surface area (Å²) >= 11 is 0. The summed E-state index contributed by atoms with van der Waals surface area (Å²) in [6.07, 6.45) is 4.74. The molecule has 3 aliphatic carbocycles. The van der Waals surface area contributed by atoms with E-state index in [1.54, 1.807) is 18.6 Å². The molecule has 3 fully saturated rings. The zero-order valence-electron chi connectivity index (χ0n) is 19.7. The van der Waals surface area contributed by atoms with Crippen LogP contribution in [0.4, 0.5) is 0 Å². The molecule has 1 aromatic heterocycles. The maximum atomic E-state index is 12.8. The summed E-state index contributed by atoms with van der Waals surface area (Å²) in [6, 6.07) is 1.84. The molecule has 3 saturated carbocycles. The summed E-state index contributed by atoms with van der Waals surface area (Å²) in [4.78, 5) is 12.8. The van der Waals surface area contributed by atoms with E-state index in [9.17, 15) is 20.1 Å². The van der Waals surface area contributed by atoms with Crippen LogP contribution in [0, 0.1) is 33.5 Å². The Kier molecular flexibility index (Phi) is 4.65. The van der Waals surface area contributed by atoms with Crippen LogP contribution >= 0.6 is 0 Å². The highest BCUT2D eigenvalue weighted by Crippen LogP contribution is 2.72. The van der Waals surface area contributed by atoms with Crippen LogP contribution in [-0.2, 0) is 9.53 Å². The topological polar surface area (TPSA) is 100 Å². The van der Waals surface area contributed by atoms with Gasteiger partial charge in [0.15, 0.2) is 0 Å². The van der Waals surface area contributed by atoms with Crippen molar-refractivity contribution in [3.05, 3.63) is 35.8 Å². The monoisotopic (exact) mass is 444 g/mol. The molecule has 6 heteroatoms. The van der Waals surface area contributed by atoms with Gasteiger partial charge in [0.2, 0.25) is 0 Å². The Bertz CT molecular complexity index is 950. The van der Waals surface area contributed by atoms with Gasteiger partial charge in [-0.05, 0) is 48.2 Å². The van der Waals surface area contributed by atoms with Crippen LogP contribution in [-0.4, -0.2) is 39.6 Å². The van der Waals surface area contributed by atoms with Crippen molar-refractivity contribution in [3.63, 3.8) is 0 Å². The van der Waals surface area contributed by atoms with Crippen LogP contribution in [0.1, 0.15) is 72.0 Å². The number of aliphatic hydroxyl groups is 3. The molecule has 2 heterocycles. The molecule has 0 bridgehead atoms. The third-order valence-corrected chi connectivity index (χ3v) is 10.4. The number of ether oxygens (including phenoxy) is 1. The zero-order valence-corrected chi connectivity index (χ0v) is 19.7. The molecule has 1 aliphatic heterocycles. The van der Waals surface area contributed by atoms with Gasteiger partial charge in [0.1, 0.15) is 6.10 Å². The number of esters is 1. The van der Waals surface area contributed by atoms with Gasteiger partial charge in [-0.3, -0.25) is 0 Å². The molecule has 0 radical (unpaired) electrons. The molecule has 9 atom stereocenters. The quantitative estimate of drug-likeness (QED) is 0.570. The Morgan fingerprint density at radius 3 is 2.34 bits per heavy atom. The van der Waals surface area contributed by atoms with Crippen molar-refractivity contribution < 1.29 is 29.3 Å².